The quantitative estimate of drug-likeness (QED) is 0.859. The Morgan fingerprint density at radius 2 is 2.27 bits per heavy atom. The van der Waals surface area contributed by atoms with Crippen LogP contribution in [0.3, 0.4) is 0 Å². The highest BCUT2D eigenvalue weighted by atomic mass is 35.5. The molecule has 22 heavy (non-hydrogen) atoms. The van der Waals surface area contributed by atoms with E-state index >= 15 is 0 Å². The zero-order valence-corrected chi connectivity index (χ0v) is 14.7. The number of halogens is 2. The van der Waals surface area contributed by atoms with Gasteiger partial charge < -0.3 is 5.32 Å². The van der Waals surface area contributed by atoms with E-state index in [1.165, 1.54) is 11.3 Å². The van der Waals surface area contributed by atoms with Gasteiger partial charge in [0.05, 0.1) is 6.04 Å². The molecule has 2 N–H and O–H groups in total. The lowest BCUT2D eigenvalue weighted by atomic mass is 10.1. The first-order valence-corrected chi connectivity index (χ1v) is 8.87. The van der Waals surface area contributed by atoms with E-state index in [1.807, 2.05) is 24.3 Å². The zero-order chi connectivity index (χ0) is 14.7. The highest BCUT2D eigenvalue weighted by Crippen LogP contribution is 2.25. The van der Waals surface area contributed by atoms with Crippen LogP contribution in [0.15, 0.2) is 30.5 Å². The zero-order valence-electron chi connectivity index (χ0n) is 11.5. The number of aromatic nitrogens is 1. The van der Waals surface area contributed by atoms with Crippen molar-refractivity contribution in [3.63, 3.8) is 0 Å². The van der Waals surface area contributed by atoms with Gasteiger partial charge in [0.1, 0.15) is 0 Å². The number of nitrogens with zero attached hydrogens (tertiary/aromatic N) is 1. The van der Waals surface area contributed by atoms with Crippen molar-refractivity contribution in [3.05, 3.63) is 45.9 Å². The minimum absolute atomic E-state index is 0. The van der Waals surface area contributed by atoms with Crippen LogP contribution >= 0.6 is 47.1 Å². The first kappa shape index (κ1) is 17.6. The summed E-state index contributed by atoms with van der Waals surface area (Å²) in [7, 11) is 0. The van der Waals surface area contributed by atoms with E-state index in [0.29, 0.717) is 5.13 Å². The van der Waals surface area contributed by atoms with Crippen LogP contribution in [0.25, 0.3) is 0 Å². The van der Waals surface area contributed by atoms with E-state index in [4.69, 9.17) is 11.6 Å². The Morgan fingerprint density at radius 3 is 3.00 bits per heavy atom. The Hall–Kier alpha value is -0.790. The topological polar surface area (TPSA) is 54.0 Å². The number of amides is 1. The molecule has 2 aromatic rings. The minimum atomic E-state index is -0.120. The molecule has 0 aliphatic carbocycles. The molecule has 3 rings (SSSR count). The predicted molar refractivity (Wildman–Crippen MR) is 96.5 cm³/mol. The molecule has 1 atom stereocenters. The summed E-state index contributed by atoms with van der Waals surface area (Å²) in [5.74, 6) is 1.62. The lowest BCUT2D eigenvalue weighted by Gasteiger charge is -2.07. The van der Waals surface area contributed by atoms with E-state index < -0.39 is 0 Å². The molecule has 1 aromatic heterocycles. The Labute approximate surface area is 148 Å². The summed E-state index contributed by atoms with van der Waals surface area (Å²) >= 11 is 9.37. The molecule has 1 aliphatic rings. The third kappa shape index (κ3) is 4.36. The SMILES string of the molecule is Cl.O=C(Nc1ncc(Cc2ccccc2Cl)s1)C1CSCN1. The number of hydrogen-bond acceptors (Lipinski definition) is 5. The molecule has 4 nitrogen and oxygen atoms in total. The standard InChI is InChI=1S/C14H14ClN3OS2.ClH/c15-11-4-2-1-3-9(11)5-10-6-16-14(21-10)18-13(19)12-7-20-8-17-12;/h1-4,6,12,17H,5,7-8H2,(H,16,18,19);1H. The van der Waals surface area contributed by atoms with Crippen LogP contribution in [0.5, 0.6) is 0 Å². The van der Waals surface area contributed by atoms with Gasteiger partial charge in [-0.05, 0) is 11.6 Å². The summed E-state index contributed by atoms with van der Waals surface area (Å²) < 4.78 is 0. The summed E-state index contributed by atoms with van der Waals surface area (Å²) in [6.07, 6.45) is 2.52. The van der Waals surface area contributed by atoms with Crippen LogP contribution in [-0.2, 0) is 11.2 Å². The molecule has 2 heterocycles. The lowest BCUT2D eigenvalue weighted by molar-refractivity contribution is -0.117. The number of thiazole rings is 1. The molecule has 1 unspecified atom stereocenters. The van der Waals surface area contributed by atoms with Crippen molar-refractivity contribution >= 4 is 58.1 Å². The normalized spacial score (nSPS) is 17.0. The fraction of sp³-hybridized carbons (Fsp3) is 0.286. The monoisotopic (exact) mass is 375 g/mol. The van der Waals surface area contributed by atoms with Crippen LogP contribution in [0.2, 0.25) is 5.02 Å². The second kappa shape index (κ2) is 8.17. The molecular formula is C14H15Cl2N3OS2. The second-order valence-electron chi connectivity index (χ2n) is 4.66. The van der Waals surface area contributed by atoms with Crippen LogP contribution in [0.4, 0.5) is 5.13 Å². The third-order valence-corrected chi connectivity index (χ3v) is 5.36. The van der Waals surface area contributed by atoms with Gasteiger partial charge in [0.2, 0.25) is 5.91 Å². The molecule has 1 aromatic carbocycles. The third-order valence-electron chi connectivity index (χ3n) is 3.14. The highest BCUT2D eigenvalue weighted by molar-refractivity contribution is 7.99. The van der Waals surface area contributed by atoms with Crippen LogP contribution < -0.4 is 10.6 Å². The smallest absolute Gasteiger partial charge is 0.244 e. The predicted octanol–water partition coefficient (Wildman–Crippen LogP) is 3.41. The first-order valence-electron chi connectivity index (χ1n) is 6.52. The second-order valence-corrected chi connectivity index (χ2v) is 7.21. The van der Waals surface area contributed by atoms with Crippen molar-refractivity contribution in [2.75, 3.05) is 16.9 Å². The summed E-state index contributed by atoms with van der Waals surface area (Å²) in [6, 6.07) is 7.64. The molecule has 1 amide bonds. The van der Waals surface area contributed by atoms with Gasteiger partial charge in [-0.15, -0.1) is 35.5 Å². The Kier molecular flexibility index (Phi) is 6.52. The maximum absolute atomic E-state index is 12.0. The van der Waals surface area contributed by atoms with Crippen molar-refractivity contribution in [2.45, 2.75) is 12.5 Å². The largest absolute Gasteiger partial charge is 0.301 e. The summed E-state index contributed by atoms with van der Waals surface area (Å²) in [5, 5.41) is 7.40. The van der Waals surface area contributed by atoms with Crippen molar-refractivity contribution in [1.82, 2.24) is 10.3 Å². The number of thioether (sulfide) groups is 1. The van der Waals surface area contributed by atoms with Gasteiger partial charge in [0.15, 0.2) is 5.13 Å². The number of anilines is 1. The van der Waals surface area contributed by atoms with E-state index in [-0.39, 0.29) is 24.4 Å². The number of nitrogens with one attached hydrogen (secondary N) is 2. The summed E-state index contributed by atoms with van der Waals surface area (Å²) in [5.41, 5.74) is 1.06. The lowest BCUT2D eigenvalue weighted by Crippen LogP contribution is -2.37. The Balaban J connectivity index is 0.00000176. The van der Waals surface area contributed by atoms with Gasteiger partial charge in [-0.3, -0.25) is 10.1 Å². The molecule has 1 fully saturated rings. The van der Waals surface area contributed by atoms with Gasteiger partial charge in [-0.2, -0.15) is 0 Å². The average molecular weight is 376 g/mol. The first-order chi connectivity index (χ1) is 10.2. The molecular weight excluding hydrogens is 361 g/mol. The van der Waals surface area contributed by atoms with Crippen molar-refractivity contribution < 1.29 is 4.79 Å². The fourth-order valence-corrected chi connectivity index (χ4v) is 4.02. The Morgan fingerprint density at radius 1 is 1.45 bits per heavy atom. The van der Waals surface area contributed by atoms with Gasteiger partial charge in [0, 0.05) is 34.1 Å². The highest BCUT2D eigenvalue weighted by Gasteiger charge is 2.23. The fourth-order valence-electron chi connectivity index (χ4n) is 2.03. The summed E-state index contributed by atoms with van der Waals surface area (Å²) in [6.45, 7) is 0. The van der Waals surface area contributed by atoms with Gasteiger partial charge in [-0.25, -0.2) is 4.98 Å². The van der Waals surface area contributed by atoms with E-state index in [0.717, 1.165) is 33.5 Å². The molecule has 8 heteroatoms. The van der Waals surface area contributed by atoms with E-state index in [2.05, 4.69) is 15.6 Å². The molecule has 0 saturated carbocycles. The molecule has 0 radical (unpaired) electrons. The number of benzene rings is 1. The number of hydrogen-bond donors (Lipinski definition) is 2. The molecule has 0 bridgehead atoms. The number of carbonyl (C=O) groups excluding carboxylic acids is 1. The van der Waals surface area contributed by atoms with E-state index in [1.54, 1.807) is 18.0 Å². The minimum Gasteiger partial charge on any atom is -0.301 e. The maximum Gasteiger partial charge on any atom is 0.244 e. The maximum atomic E-state index is 12.0. The summed E-state index contributed by atoms with van der Waals surface area (Å²) in [4.78, 5) is 17.3. The Bertz CT molecular complexity index is 645. The number of rotatable bonds is 4. The molecule has 1 saturated heterocycles. The van der Waals surface area contributed by atoms with Crippen LogP contribution in [0, 0.1) is 0 Å². The van der Waals surface area contributed by atoms with Gasteiger partial charge in [0.25, 0.3) is 0 Å². The van der Waals surface area contributed by atoms with Crippen molar-refractivity contribution in [2.24, 2.45) is 0 Å². The van der Waals surface area contributed by atoms with Crippen molar-refractivity contribution in [1.29, 1.82) is 0 Å². The molecule has 1 aliphatic heterocycles. The molecule has 118 valence electrons. The van der Waals surface area contributed by atoms with Crippen molar-refractivity contribution in [3.8, 4) is 0 Å². The van der Waals surface area contributed by atoms with Gasteiger partial charge >= 0.3 is 0 Å². The van der Waals surface area contributed by atoms with Crippen LogP contribution in [0.1, 0.15) is 10.4 Å². The number of carbonyl (C=O) groups is 1. The van der Waals surface area contributed by atoms with E-state index in [9.17, 15) is 4.79 Å². The van der Waals surface area contributed by atoms with Gasteiger partial charge in [-0.1, -0.05) is 29.8 Å². The average Bonchev–Trinajstić information content (AvgIpc) is 3.13. The van der Waals surface area contributed by atoms with Crippen LogP contribution in [-0.4, -0.2) is 28.6 Å². The molecule has 0 spiro atoms.